The Morgan fingerprint density at radius 2 is 1.90 bits per heavy atom. The first kappa shape index (κ1) is 21.2. The number of hydrogen-bond donors (Lipinski definition) is 2. The molecular weight excluding hydrogens is 388 g/mol. The summed E-state index contributed by atoms with van der Waals surface area (Å²) < 4.78 is 5.17. The van der Waals surface area contributed by atoms with E-state index in [1.807, 2.05) is 55.5 Å². The number of hydrogen-bond acceptors (Lipinski definition) is 3. The lowest BCUT2D eigenvalue weighted by Gasteiger charge is -2.29. The van der Waals surface area contributed by atoms with Crippen LogP contribution in [-0.2, 0) is 16.0 Å². The van der Waals surface area contributed by atoms with Gasteiger partial charge >= 0.3 is 0 Å². The molecule has 2 atom stereocenters. The second-order valence-electron chi connectivity index (χ2n) is 7.69. The van der Waals surface area contributed by atoms with E-state index in [2.05, 4.69) is 10.6 Å². The summed E-state index contributed by atoms with van der Waals surface area (Å²) >= 11 is 5.98. The van der Waals surface area contributed by atoms with Crippen LogP contribution in [0.4, 0.5) is 0 Å². The summed E-state index contributed by atoms with van der Waals surface area (Å²) in [5, 5.41) is 6.85. The third-order valence-corrected chi connectivity index (χ3v) is 5.77. The lowest BCUT2D eigenvalue weighted by atomic mass is 9.85. The van der Waals surface area contributed by atoms with Crippen LogP contribution in [0.2, 0.25) is 5.02 Å². The van der Waals surface area contributed by atoms with E-state index in [4.69, 9.17) is 16.3 Å². The second kappa shape index (κ2) is 9.31. The van der Waals surface area contributed by atoms with E-state index in [0.29, 0.717) is 30.7 Å². The molecule has 5 nitrogen and oxygen atoms in total. The van der Waals surface area contributed by atoms with Gasteiger partial charge in [0, 0.05) is 23.4 Å². The van der Waals surface area contributed by atoms with Gasteiger partial charge in [-0.15, -0.1) is 0 Å². The number of nitrogens with one attached hydrogen (secondary N) is 2. The molecule has 0 spiro atoms. The van der Waals surface area contributed by atoms with Crippen LogP contribution in [-0.4, -0.2) is 24.5 Å². The molecule has 0 aromatic heterocycles. The molecule has 0 aliphatic carbocycles. The number of rotatable bonds is 8. The largest absolute Gasteiger partial charge is 0.497 e. The Morgan fingerprint density at radius 3 is 2.48 bits per heavy atom. The van der Waals surface area contributed by atoms with Crippen molar-refractivity contribution in [2.24, 2.45) is 0 Å². The highest BCUT2D eigenvalue weighted by Crippen LogP contribution is 2.30. The van der Waals surface area contributed by atoms with Crippen LogP contribution in [0.5, 0.6) is 5.75 Å². The van der Waals surface area contributed by atoms with Crippen molar-refractivity contribution in [2.45, 2.75) is 50.6 Å². The highest BCUT2D eigenvalue weighted by Gasteiger charge is 2.37. The Bertz CT molecular complexity index is 851. The molecule has 2 aromatic carbocycles. The first-order valence-corrected chi connectivity index (χ1v) is 10.3. The fourth-order valence-corrected chi connectivity index (χ4v) is 3.94. The smallest absolute Gasteiger partial charge is 0.220 e. The van der Waals surface area contributed by atoms with E-state index in [9.17, 15) is 9.59 Å². The van der Waals surface area contributed by atoms with Crippen LogP contribution in [0.25, 0.3) is 0 Å². The van der Waals surface area contributed by atoms with Crippen molar-refractivity contribution >= 4 is 23.4 Å². The van der Waals surface area contributed by atoms with E-state index in [-0.39, 0.29) is 23.4 Å². The van der Waals surface area contributed by atoms with Crippen molar-refractivity contribution in [2.75, 3.05) is 7.11 Å². The van der Waals surface area contributed by atoms with E-state index >= 15 is 0 Å². The van der Waals surface area contributed by atoms with Gasteiger partial charge in [0.2, 0.25) is 11.8 Å². The predicted octanol–water partition coefficient (Wildman–Crippen LogP) is 4.20. The number of carbonyl (C=O) groups excluding carboxylic acids is 2. The Hall–Kier alpha value is -2.53. The van der Waals surface area contributed by atoms with Crippen molar-refractivity contribution in [3.8, 4) is 5.75 Å². The third kappa shape index (κ3) is 5.73. The number of halogens is 1. The molecule has 0 unspecified atom stereocenters. The van der Waals surface area contributed by atoms with Gasteiger partial charge in [0.05, 0.1) is 13.2 Å². The topological polar surface area (TPSA) is 67.4 Å². The monoisotopic (exact) mass is 414 g/mol. The Kier molecular flexibility index (Phi) is 6.80. The van der Waals surface area contributed by atoms with Crippen molar-refractivity contribution in [1.82, 2.24) is 10.6 Å². The first-order valence-electron chi connectivity index (χ1n) is 9.88. The molecular formula is C23H27ClN2O3. The molecule has 2 N–H and O–H groups in total. The average molecular weight is 415 g/mol. The van der Waals surface area contributed by atoms with Crippen molar-refractivity contribution < 1.29 is 14.3 Å². The van der Waals surface area contributed by atoms with E-state index in [1.54, 1.807) is 7.11 Å². The third-order valence-electron chi connectivity index (χ3n) is 5.51. The Balaban J connectivity index is 1.59. The molecule has 3 rings (SSSR count). The minimum absolute atomic E-state index is 0.0232. The number of carbonyl (C=O) groups is 2. The van der Waals surface area contributed by atoms with Gasteiger partial charge in [0.1, 0.15) is 5.75 Å². The summed E-state index contributed by atoms with van der Waals surface area (Å²) in [6.45, 7) is 1.96. The van der Waals surface area contributed by atoms with Gasteiger partial charge in [-0.1, -0.05) is 35.9 Å². The molecule has 154 valence electrons. The second-order valence-corrected chi connectivity index (χ2v) is 8.13. The number of amides is 2. The molecule has 1 aliphatic rings. The number of benzene rings is 2. The Labute approximate surface area is 176 Å². The molecule has 29 heavy (non-hydrogen) atoms. The van der Waals surface area contributed by atoms with Gasteiger partial charge < -0.3 is 15.4 Å². The average Bonchev–Trinajstić information content (AvgIpc) is 3.09. The maximum Gasteiger partial charge on any atom is 0.220 e. The zero-order valence-corrected chi connectivity index (χ0v) is 17.6. The van der Waals surface area contributed by atoms with Crippen molar-refractivity contribution in [1.29, 1.82) is 0 Å². The van der Waals surface area contributed by atoms with E-state index in [1.165, 1.54) is 0 Å². The molecule has 2 aromatic rings. The van der Waals surface area contributed by atoms with Gasteiger partial charge in [-0.3, -0.25) is 9.59 Å². The Morgan fingerprint density at radius 1 is 1.21 bits per heavy atom. The van der Waals surface area contributed by atoms with Gasteiger partial charge in [0.15, 0.2) is 0 Å². The summed E-state index contributed by atoms with van der Waals surface area (Å²) in [6, 6.07) is 15.2. The summed E-state index contributed by atoms with van der Waals surface area (Å²) in [5.74, 6) is 0.810. The van der Waals surface area contributed by atoms with Crippen molar-refractivity contribution in [3.05, 3.63) is 64.7 Å². The maximum atomic E-state index is 12.6. The maximum absolute atomic E-state index is 12.6. The normalized spacial score (nSPS) is 19.5. The molecule has 6 heteroatoms. The molecule has 0 radical (unpaired) electrons. The molecule has 1 heterocycles. The molecule has 0 saturated carbocycles. The van der Waals surface area contributed by atoms with Gasteiger partial charge in [-0.05, 0) is 61.6 Å². The van der Waals surface area contributed by atoms with Crippen LogP contribution in [0.3, 0.4) is 0 Å². The minimum atomic E-state index is -0.383. The van der Waals surface area contributed by atoms with Crippen LogP contribution in [0.15, 0.2) is 48.5 Å². The fourth-order valence-electron chi connectivity index (χ4n) is 3.82. The summed E-state index contributed by atoms with van der Waals surface area (Å²) in [6.07, 6.45) is 2.88. The molecule has 2 amide bonds. The quantitative estimate of drug-likeness (QED) is 0.680. The SMILES string of the molecule is COc1ccc([C@@H](C)NC(=O)CC[C@@]2(Cc3ccc(Cl)cc3)CCC(=O)N2)cc1. The lowest BCUT2D eigenvalue weighted by molar-refractivity contribution is -0.123. The van der Waals surface area contributed by atoms with Gasteiger partial charge in [0.25, 0.3) is 0 Å². The molecule has 1 aliphatic heterocycles. The van der Waals surface area contributed by atoms with Crippen LogP contribution >= 0.6 is 11.6 Å². The highest BCUT2D eigenvalue weighted by molar-refractivity contribution is 6.30. The van der Waals surface area contributed by atoms with E-state index in [0.717, 1.165) is 23.3 Å². The number of ether oxygens (including phenoxy) is 1. The van der Waals surface area contributed by atoms with Crippen LogP contribution < -0.4 is 15.4 Å². The van der Waals surface area contributed by atoms with Gasteiger partial charge in [-0.2, -0.15) is 0 Å². The molecule has 0 bridgehead atoms. The molecule has 1 saturated heterocycles. The fraction of sp³-hybridized carbons (Fsp3) is 0.391. The lowest BCUT2D eigenvalue weighted by Crippen LogP contribution is -2.44. The van der Waals surface area contributed by atoms with Gasteiger partial charge in [-0.25, -0.2) is 0 Å². The minimum Gasteiger partial charge on any atom is -0.497 e. The summed E-state index contributed by atoms with van der Waals surface area (Å²) in [4.78, 5) is 24.5. The zero-order valence-electron chi connectivity index (χ0n) is 16.8. The van der Waals surface area contributed by atoms with Crippen LogP contribution in [0, 0.1) is 0 Å². The highest BCUT2D eigenvalue weighted by atomic mass is 35.5. The first-order chi connectivity index (χ1) is 13.9. The standard InChI is InChI=1S/C23H27ClN2O3/c1-16(18-5-9-20(29-2)10-6-18)25-21(27)11-13-23(14-12-22(28)26-23)15-17-3-7-19(24)8-4-17/h3-10,16H,11-15H2,1-2H3,(H,25,27)(H,26,28)/t16-,23+/m1/s1. The van der Waals surface area contributed by atoms with Crippen molar-refractivity contribution in [3.63, 3.8) is 0 Å². The van der Waals surface area contributed by atoms with Crippen LogP contribution in [0.1, 0.15) is 49.8 Å². The predicted molar refractivity (Wildman–Crippen MR) is 114 cm³/mol. The zero-order chi connectivity index (χ0) is 20.9. The summed E-state index contributed by atoms with van der Waals surface area (Å²) in [5.41, 5.74) is 1.74. The van der Waals surface area contributed by atoms with E-state index < -0.39 is 0 Å². The number of methoxy groups -OCH3 is 1. The molecule has 1 fully saturated rings. The summed E-state index contributed by atoms with van der Waals surface area (Å²) in [7, 11) is 1.63.